The number of carbonyl (C=O) groups is 3. The summed E-state index contributed by atoms with van der Waals surface area (Å²) in [5.74, 6) is -1.12. The molecule has 3 aliphatic rings. The number of hydrogen-bond acceptors (Lipinski definition) is 7. The van der Waals surface area contributed by atoms with Crippen LogP contribution in [0.15, 0.2) is 97.1 Å². The lowest BCUT2D eigenvalue weighted by atomic mass is 9.82. The van der Waals surface area contributed by atoms with Crippen molar-refractivity contribution in [1.82, 2.24) is 4.90 Å². The van der Waals surface area contributed by atoms with E-state index in [0.29, 0.717) is 41.2 Å². The highest BCUT2D eigenvalue weighted by Crippen LogP contribution is 2.59. The molecule has 7 rings (SSSR count). The molecule has 0 saturated carbocycles. The molecule has 3 heterocycles. The van der Waals surface area contributed by atoms with Crippen molar-refractivity contribution in [3.8, 4) is 0 Å². The second kappa shape index (κ2) is 13.4. The second-order valence-corrected chi connectivity index (χ2v) is 18.6. The third-order valence-corrected chi connectivity index (χ3v) is 13.4. The number of nitrogens with one attached hydrogen (secondary N) is 1. The van der Waals surface area contributed by atoms with Gasteiger partial charge in [-0.3, -0.25) is 14.4 Å². The van der Waals surface area contributed by atoms with Crippen LogP contribution in [0.4, 0.5) is 17.1 Å². The van der Waals surface area contributed by atoms with E-state index in [0.717, 1.165) is 16.7 Å². The highest BCUT2D eigenvalue weighted by molar-refractivity contribution is 6.71. The zero-order chi connectivity index (χ0) is 36.1. The van der Waals surface area contributed by atoms with E-state index in [9.17, 15) is 24.3 Å². The highest BCUT2D eigenvalue weighted by atomic mass is 28.4. The van der Waals surface area contributed by atoms with Crippen LogP contribution >= 0.6 is 0 Å². The number of amides is 3. The Morgan fingerprint density at radius 2 is 1.69 bits per heavy atom. The number of ether oxygens (including phenoxy) is 1. The van der Waals surface area contributed by atoms with Crippen molar-refractivity contribution in [2.45, 2.75) is 69.2 Å². The van der Waals surface area contributed by atoms with Gasteiger partial charge in [-0.15, -0.1) is 0 Å². The van der Waals surface area contributed by atoms with E-state index in [1.54, 1.807) is 40.1 Å². The first kappa shape index (κ1) is 34.6. The maximum atomic E-state index is 14.8. The van der Waals surface area contributed by atoms with Crippen molar-refractivity contribution >= 4 is 43.1 Å². The Kier molecular flexibility index (Phi) is 9.09. The van der Waals surface area contributed by atoms with E-state index < -0.39 is 31.5 Å². The van der Waals surface area contributed by atoms with E-state index >= 15 is 0 Å². The van der Waals surface area contributed by atoms with E-state index in [1.807, 2.05) is 86.7 Å². The van der Waals surface area contributed by atoms with Gasteiger partial charge in [0.05, 0.1) is 37.4 Å². The molecule has 10 nitrogen and oxygen atoms in total. The molecule has 1 fully saturated rings. The highest BCUT2D eigenvalue weighted by Gasteiger charge is 2.66. The van der Waals surface area contributed by atoms with Crippen molar-refractivity contribution in [3.63, 3.8) is 0 Å². The summed E-state index contributed by atoms with van der Waals surface area (Å²) in [5, 5.41) is 13.2. The molecular weight excluding hydrogens is 661 g/mol. The molecule has 3 aliphatic heterocycles. The summed E-state index contributed by atoms with van der Waals surface area (Å²) in [4.78, 5) is 57.0. The second-order valence-electron chi connectivity index (χ2n) is 14.6. The summed E-state index contributed by atoms with van der Waals surface area (Å²) in [7, 11) is -3.01. The first-order valence-corrected chi connectivity index (χ1v) is 20.5. The first-order chi connectivity index (χ1) is 24.4. The fourth-order valence-electron chi connectivity index (χ4n) is 8.49. The maximum Gasteiger partial charge on any atom is 0.264 e. The molecule has 0 bridgehead atoms. The molecule has 1 spiro atoms. The maximum absolute atomic E-state index is 14.8. The molecule has 5 atom stereocenters. The molecule has 0 unspecified atom stereocenters. The van der Waals surface area contributed by atoms with E-state index in [-0.39, 0.29) is 43.3 Å². The zero-order valence-electron chi connectivity index (χ0n) is 29.1. The number of aliphatic hydroxyl groups is 1. The van der Waals surface area contributed by atoms with Gasteiger partial charge < -0.3 is 35.5 Å². The quantitative estimate of drug-likeness (QED) is 0.146. The molecule has 0 aliphatic carbocycles. The monoisotopic (exact) mass is 704 g/mol. The molecule has 11 heteroatoms. The van der Waals surface area contributed by atoms with Crippen molar-refractivity contribution in [3.05, 3.63) is 125 Å². The van der Waals surface area contributed by atoms with Gasteiger partial charge in [0.25, 0.3) is 11.8 Å². The molecular formula is C40H44N4O6Si. The standard InChI is InChI=1S/C40H44N4O6Si/c1-25-37(51(2,3)49)35(21-36(46)43-23-29-11-5-4-10-28(29)20-32(43)24-45)50-40(25)33-13-6-7-14-34(33)44(39(40)48)22-26-9-8-12-31(19-26)42-38(47)27-15-17-30(41)18-16-27/h4-19,25,32,35,37,45,49H,20-24,41H2,1-3H3,(H,42,47)/t25-,32+,35+,37-,40+/m1/s1. The fraction of sp³-hybridized carbons (Fsp3) is 0.325. The SMILES string of the molecule is C[C@@H]1[C@@H]([Si](C)(C)O)[C@H](CC(=O)N2Cc3ccccc3C[C@H]2CO)O[C@@]12C(=O)N(Cc1cccc(NC(=O)c3ccc(N)cc3)c1)c1ccccc12. The van der Waals surface area contributed by atoms with Crippen LogP contribution in [-0.2, 0) is 39.4 Å². The van der Waals surface area contributed by atoms with Gasteiger partial charge in [0.15, 0.2) is 13.9 Å². The molecule has 51 heavy (non-hydrogen) atoms. The lowest BCUT2D eigenvalue weighted by Gasteiger charge is -2.37. The van der Waals surface area contributed by atoms with Crippen LogP contribution in [0.5, 0.6) is 0 Å². The number of nitrogens with two attached hydrogens (primary N) is 1. The number of para-hydroxylation sites is 1. The average molecular weight is 705 g/mol. The van der Waals surface area contributed by atoms with Crippen LogP contribution in [0.1, 0.15) is 46.0 Å². The van der Waals surface area contributed by atoms with Crippen molar-refractivity contribution in [1.29, 1.82) is 0 Å². The number of aliphatic hydroxyl groups excluding tert-OH is 1. The lowest BCUT2D eigenvalue weighted by molar-refractivity contribution is -0.151. The summed E-state index contributed by atoms with van der Waals surface area (Å²) >= 11 is 0. The minimum atomic E-state index is -3.01. The Bertz CT molecular complexity index is 1980. The molecule has 5 N–H and O–H groups in total. The number of nitrogen functional groups attached to an aromatic ring is 1. The third kappa shape index (κ3) is 6.24. The van der Waals surface area contributed by atoms with Crippen LogP contribution in [0.25, 0.3) is 0 Å². The van der Waals surface area contributed by atoms with Gasteiger partial charge in [-0.2, -0.15) is 0 Å². The lowest BCUT2D eigenvalue weighted by Crippen LogP contribution is -2.48. The van der Waals surface area contributed by atoms with Gasteiger partial charge in [-0.25, -0.2) is 0 Å². The molecule has 4 aromatic carbocycles. The van der Waals surface area contributed by atoms with E-state index in [4.69, 9.17) is 10.5 Å². The van der Waals surface area contributed by atoms with E-state index in [1.165, 1.54) is 0 Å². The number of anilines is 3. The Morgan fingerprint density at radius 1 is 0.980 bits per heavy atom. The number of carbonyl (C=O) groups excluding carboxylic acids is 3. The predicted octanol–water partition coefficient (Wildman–Crippen LogP) is 5.20. The summed E-state index contributed by atoms with van der Waals surface area (Å²) in [5.41, 5.74) is 9.99. The zero-order valence-corrected chi connectivity index (χ0v) is 30.1. The van der Waals surface area contributed by atoms with Gasteiger partial charge in [-0.1, -0.05) is 61.5 Å². The summed E-state index contributed by atoms with van der Waals surface area (Å²) < 4.78 is 6.91. The Labute approximate surface area is 299 Å². The average Bonchev–Trinajstić information content (AvgIpc) is 3.54. The number of rotatable bonds is 8. The van der Waals surface area contributed by atoms with Gasteiger partial charge in [0.2, 0.25) is 5.91 Å². The van der Waals surface area contributed by atoms with Crippen molar-refractivity contribution in [2.75, 3.05) is 22.6 Å². The number of hydrogen-bond donors (Lipinski definition) is 4. The van der Waals surface area contributed by atoms with E-state index in [2.05, 4.69) is 5.32 Å². The van der Waals surface area contributed by atoms with Gasteiger partial charge in [-0.05, 0) is 78.7 Å². The minimum absolute atomic E-state index is 0.0163. The smallest absolute Gasteiger partial charge is 0.264 e. The Hall–Kier alpha value is -4.81. The van der Waals surface area contributed by atoms with Crippen LogP contribution in [0.2, 0.25) is 18.6 Å². The van der Waals surface area contributed by atoms with Crippen LogP contribution < -0.4 is 16.0 Å². The normalized spacial score (nSPS) is 24.1. The molecule has 0 radical (unpaired) electrons. The predicted molar refractivity (Wildman–Crippen MR) is 198 cm³/mol. The molecule has 3 amide bonds. The van der Waals surface area contributed by atoms with Crippen LogP contribution in [-0.4, -0.2) is 59.6 Å². The first-order valence-electron chi connectivity index (χ1n) is 17.4. The fourth-order valence-corrected chi connectivity index (χ4v) is 11.0. The Morgan fingerprint density at radius 3 is 2.41 bits per heavy atom. The number of nitrogens with zero attached hydrogens (tertiary/aromatic N) is 2. The molecule has 4 aromatic rings. The van der Waals surface area contributed by atoms with Gasteiger partial charge in [0, 0.05) is 40.5 Å². The van der Waals surface area contributed by atoms with Crippen LogP contribution in [0, 0.1) is 5.92 Å². The van der Waals surface area contributed by atoms with Crippen molar-refractivity contribution < 1.29 is 29.0 Å². The number of benzene rings is 4. The molecule has 1 saturated heterocycles. The van der Waals surface area contributed by atoms with Gasteiger partial charge >= 0.3 is 0 Å². The topological polar surface area (TPSA) is 145 Å². The number of fused-ring (bicyclic) bond motifs is 3. The molecule has 0 aromatic heterocycles. The minimum Gasteiger partial charge on any atom is -0.432 e. The van der Waals surface area contributed by atoms with Crippen molar-refractivity contribution in [2.24, 2.45) is 5.92 Å². The van der Waals surface area contributed by atoms with Crippen LogP contribution in [0.3, 0.4) is 0 Å². The summed E-state index contributed by atoms with van der Waals surface area (Å²) in [6, 6.07) is 29.2. The summed E-state index contributed by atoms with van der Waals surface area (Å²) in [6.45, 7) is 6.08. The Balaban J connectivity index is 1.16. The molecule has 264 valence electrons. The van der Waals surface area contributed by atoms with Gasteiger partial charge in [0.1, 0.15) is 0 Å². The summed E-state index contributed by atoms with van der Waals surface area (Å²) in [6.07, 6.45) is -0.168. The third-order valence-electron chi connectivity index (χ3n) is 10.9. The largest absolute Gasteiger partial charge is 0.432 e.